The maximum Gasteiger partial charge on any atom is 0.338 e. The molecule has 20 heavy (non-hydrogen) atoms. The minimum atomic E-state index is -1.04. The van der Waals surface area contributed by atoms with Crippen LogP contribution in [0.3, 0.4) is 0 Å². The molecule has 2 heterocycles. The summed E-state index contributed by atoms with van der Waals surface area (Å²) in [4.78, 5) is 24.2. The molecule has 0 aliphatic heterocycles. The van der Waals surface area contributed by atoms with Gasteiger partial charge in [-0.2, -0.15) is 0 Å². The number of carboxylic acids is 1. The molecule has 7 heteroatoms. The van der Waals surface area contributed by atoms with Crippen molar-refractivity contribution in [3.05, 3.63) is 38.9 Å². The summed E-state index contributed by atoms with van der Waals surface area (Å²) in [6.07, 6.45) is 1.81. The van der Waals surface area contributed by atoms with Gasteiger partial charge in [0.1, 0.15) is 10.7 Å². The first-order valence-electron chi connectivity index (χ1n) is 5.93. The van der Waals surface area contributed by atoms with Crippen LogP contribution >= 0.6 is 27.3 Å². The number of nitrogens with one attached hydrogen (secondary N) is 1. The van der Waals surface area contributed by atoms with Crippen LogP contribution in [0.5, 0.6) is 0 Å². The minimum absolute atomic E-state index is 0.120. The minimum Gasteiger partial charge on any atom is -0.478 e. The fraction of sp³-hybridized carbons (Fsp3) is 0.231. The van der Waals surface area contributed by atoms with Crippen LogP contribution in [-0.4, -0.2) is 21.6 Å². The summed E-state index contributed by atoms with van der Waals surface area (Å²) < 4.78 is 2.60. The number of rotatable bonds is 4. The Morgan fingerprint density at radius 3 is 2.75 bits per heavy atom. The predicted molar refractivity (Wildman–Crippen MR) is 81.8 cm³/mol. The zero-order valence-electron chi connectivity index (χ0n) is 10.9. The molecule has 106 valence electrons. The third-order valence-electron chi connectivity index (χ3n) is 2.75. The molecule has 0 aliphatic carbocycles. The number of aryl methyl sites for hydroxylation is 2. The summed E-state index contributed by atoms with van der Waals surface area (Å²) in [5.41, 5.74) is 0.608. The van der Waals surface area contributed by atoms with Gasteiger partial charge in [-0.15, -0.1) is 11.3 Å². The van der Waals surface area contributed by atoms with E-state index in [4.69, 9.17) is 5.11 Å². The molecule has 0 spiro atoms. The summed E-state index contributed by atoms with van der Waals surface area (Å²) in [5, 5.41) is 12.1. The molecule has 0 aromatic carbocycles. The lowest BCUT2D eigenvalue weighted by Gasteiger charge is -2.07. The van der Waals surface area contributed by atoms with Gasteiger partial charge in [-0.3, -0.25) is 4.79 Å². The van der Waals surface area contributed by atoms with E-state index in [1.165, 1.54) is 11.3 Å². The molecule has 2 rings (SSSR count). The lowest BCUT2D eigenvalue weighted by Crippen LogP contribution is -2.17. The standard InChI is InChI=1S/C13H13BrN2O3S/c1-3-16-6-8(14)5-10(16)11(17)15-12-9(13(18)19)4-7(2)20-12/h4-6H,3H2,1-2H3,(H,15,17)(H,18,19). The Hall–Kier alpha value is -1.60. The largest absolute Gasteiger partial charge is 0.478 e. The van der Waals surface area contributed by atoms with E-state index in [-0.39, 0.29) is 11.5 Å². The molecule has 0 atom stereocenters. The molecular formula is C13H13BrN2O3S. The highest BCUT2D eigenvalue weighted by Gasteiger charge is 2.18. The van der Waals surface area contributed by atoms with E-state index in [0.717, 1.165) is 9.35 Å². The van der Waals surface area contributed by atoms with E-state index < -0.39 is 5.97 Å². The quantitative estimate of drug-likeness (QED) is 0.879. The lowest BCUT2D eigenvalue weighted by atomic mass is 10.3. The van der Waals surface area contributed by atoms with Gasteiger partial charge >= 0.3 is 5.97 Å². The van der Waals surface area contributed by atoms with Crippen LogP contribution in [0.25, 0.3) is 0 Å². The van der Waals surface area contributed by atoms with E-state index in [0.29, 0.717) is 17.2 Å². The molecule has 0 radical (unpaired) electrons. The van der Waals surface area contributed by atoms with Gasteiger partial charge in [0.05, 0.1) is 5.56 Å². The number of hydrogen-bond acceptors (Lipinski definition) is 3. The van der Waals surface area contributed by atoms with Crippen molar-refractivity contribution in [2.45, 2.75) is 20.4 Å². The van der Waals surface area contributed by atoms with E-state index in [9.17, 15) is 9.59 Å². The number of carbonyl (C=O) groups excluding carboxylic acids is 1. The van der Waals surface area contributed by atoms with Crippen molar-refractivity contribution in [2.24, 2.45) is 0 Å². The third-order valence-corrected chi connectivity index (χ3v) is 4.15. The van der Waals surface area contributed by atoms with Crippen molar-refractivity contribution < 1.29 is 14.7 Å². The first-order chi connectivity index (χ1) is 9.42. The summed E-state index contributed by atoms with van der Waals surface area (Å²) >= 11 is 4.58. The van der Waals surface area contributed by atoms with Crippen LogP contribution in [0, 0.1) is 6.92 Å². The van der Waals surface area contributed by atoms with Crippen LogP contribution in [0.15, 0.2) is 22.8 Å². The van der Waals surface area contributed by atoms with E-state index in [2.05, 4.69) is 21.2 Å². The highest BCUT2D eigenvalue weighted by molar-refractivity contribution is 9.10. The highest BCUT2D eigenvalue weighted by atomic mass is 79.9. The van der Waals surface area contributed by atoms with Crippen LogP contribution < -0.4 is 5.32 Å². The first kappa shape index (κ1) is 14.8. The molecule has 0 saturated heterocycles. The summed E-state index contributed by atoms with van der Waals surface area (Å²) in [6.45, 7) is 4.39. The van der Waals surface area contributed by atoms with Crippen LogP contribution in [0.4, 0.5) is 5.00 Å². The van der Waals surface area contributed by atoms with Gasteiger partial charge < -0.3 is 15.0 Å². The Morgan fingerprint density at radius 2 is 2.15 bits per heavy atom. The Morgan fingerprint density at radius 1 is 1.45 bits per heavy atom. The van der Waals surface area contributed by atoms with Crippen LogP contribution in [-0.2, 0) is 6.54 Å². The van der Waals surface area contributed by atoms with Crippen molar-refractivity contribution >= 4 is 44.1 Å². The van der Waals surface area contributed by atoms with Crippen LogP contribution in [0.2, 0.25) is 0 Å². The maximum atomic E-state index is 12.3. The smallest absolute Gasteiger partial charge is 0.338 e. The predicted octanol–water partition coefficient (Wildman–Crippen LogP) is 3.59. The monoisotopic (exact) mass is 356 g/mol. The average Bonchev–Trinajstić information content (AvgIpc) is 2.92. The van der Waals surface area contributed by atoms with Gasteiger partial charge in [-0.1, -0.05) is 0 Å². The Labute approximate surface area is 128 Å². The Balaban J connectivity index is 2.30. The van der Waals surface area contributed by atoms with Crippen molar-refractivity contribution in [2.75, 3.05) is 5.32 Å². The average molecular weight is 357 g/mol. The van der Waals surface area contributed by atoms with Crippen molar-refractivity contribution in [3.63, 3.8) is 0 Å². The molecule has 0 fully saturated rings. The summed E-state index contributed by atoms with van der Waals surface area (Å²) in [6, 6.07) is 3.26. The van der Waals surface area contributed by atoms with Gasteiger partial charge in [0.2, 0.25) is 0 Å². The summed E-state index contributed by atoms with van der Waals surface area (Å²) in [5.74, 6) is -1.36. The fourth-order valence-corrected chi connectivity index (χ4v) is 3.22. The number of halogens is 1. The van der Waals surface area contributed by atoms with E-state index in [1.807, 2.05) is 13.1 Å². The van der Waals surface area contributed by atoms with Gasteiger partial charge in [-0.25, -0.2) is 4.79 Å². The molecule has 2 aromatic heterocycles. The number of carboxylic acid groups (broad SMARTS) is 1. The van der Waals surface area contributed by atoms with Crippen molar-refractivity contribution in [1.29, 1.82) is 0 Å². The number of anilines is 1. The number of hydrogen-bond donors (Lipinski definition) is 2. The first-order valence-corrected chi connectivity index (χ1v) is 7.54. The Kier molecular flexibility index (Phi) is 4.29. The number of aromatic carboxylic acids is 1. The second kappa shape index (κ2) is 5.80. The van der Waals surface area contributed by atoms with Crippen molar-refractivity contribution in [3.8, 4) is 0 Å². The molecule has 0 aliphatic rings. The third kappa shape index (κ3) is 2.94. The molecule has 2 aromatic rings. The molecule has 0 saturated carbocycles. The molecule has 0 bridgehead atoms. The second-order valence-electron chi connectivity index (χ2n) is 4.19. The van der Waals surface area contributed by atoms with Gasteiger partial charge in [0, 0.05) is 22.1 Å². The number of nitrogens with zero attached hydrogens (tertiary/aromatic N) is 1. The number of amides is 1. The number of thiophene rings is 1. The maximum absolute atomic E-state index is 12.3. The molecule has 0 unspecified atom stereocenters. The topological polar surface area (TPSA) is 71.3 Å². The number of carbonyl (C=O) groups is 2. The molecule has 5 nitrogen and oxygen atoms in total. The highest BCUT2D eigenvalue weighted by Crippen LogP contribution is 2.28. The molecule has 2 N–H and O–H groups in total. The normalized spacial score (nSPS) is 10.6. The van der Waals surface area contributed by atoms with Gasteiger partial charge in [-0.05, 0) is 41.9 Å². The zero-order valence-corrected chi connectivity index (χ0v) is 13.3. The lowest BCUT2D eigenvalue weighted by molar-refractivity contribution is 0.0698. The SMILES string of the molecule is CCn1cc(Br)cc1C(=O)Nc1sc(C)cc1C(=O)O. The van der Waals surface area contributed by atoms with Gasteiger partial charge in [0.25, 0.3) is 5.91 Å². The van der Waals surface area contributed by atoms with E-state index >= 15 is 0 Å². The fourth-order valence-electron chi connectivity index (χ4n) is 1.86. The zero-order chi connectivity index (χ0) is 14.9. The molecule has 1 amide bonds. The number of aromatic nitrogens is 1. The summed E-state index contributed by atoms with van der Waals surface area (Å²) in [7, 11) is 0. The van der Waals surface area contributed by atoms with Crippen molar-refractivity contribution in [1.82, 2.24) is 4.57 Å². The molecular weight excluding hydrogens is 344 g/mol. The van der Waals surface area contributed by atoms with Gasteiger partial charge in [0.15, 0.2) is 0 Å². The second-order valence-corrected chi connectivity index (χ2v) is 6.36. The van der Waals surface area contributed by atoms with Crippen LogP contribution in [0.1, 0.15) is 32.6 Å². The van der Waals surface area contributed by atoms with E-state index in [1.54, 1.807) is 23.6 Å². The Bertz CT molecular complexity index is 675.